The van der Waals surface area contributed by atoms with Crippen LogP contribution in [0.2, 0.25) is 5.02 Å². The van der Waals surface area contributed by atoms with Crippen molar-refractivity contribution in [3.8, 4) is 0 Å². The number of rotatable bonds is 7. The first-order valence-electron chi connectivity index (χ1n) is 7.65. The highest BCUT2D eigenvalue weighted by Gasteiger charge is 2.19. The second-order valence-electron chi connectivity index (χ2n) is 5.31. The van der Waals surface area contributed by atoms with Gasteiger partial charge in [-0.25, -0.2) is 0 Å². The third-order valence-electron chi connectivity index (χ3n) is 3.34. The first-order chi connectivity index (χ1) is 11.5. The fraction of sp³-hybridized carbons (Fsp3) is 0.294. The number of hydrogen-bond donors (Lipinski definition) is 2. The fourth-order valence-corrected chi connectivity index (χ4v) is 3.20. The molecule has 0 aliphatic carbocycles. The molecule has 0 radical (unpaired) electrons. The summed E-state index contributed by atoms with van der Waals surface area (Å²) in [7, 11) is 0. The van der Waals surface area contributed by atoms with Crippen LogP contribution in [0.5, 0.6) is 0 Å². The molecule has 0 bridgehead atoms. The van der Waals surface area contributed by atoms with E-state index in [9.17, 15) is 9.59 Å². The quantitative estimate of drug-likeness (QED) is 0.790. The highest BCUT2D eigenvalue weighted by Crippen LogP contribution is 2.17. The second-order valence-corrected chi connectivity index (χ2v) is 6.65. The number of carbonyl (C=O) groups is 2. The Hall–Kier alpha value is -1.89. The summed E-state index contributed by atoms with van der Waals surface area (Å²) in [6.07, 6.45) is 0.773. The van der Waals surface area contributed by atoms with Crippen molar-refractivity contribution in [2.75, 3.05) is 18.4 Å². The molecule has 1 aromatic heterocycles. The molecule has 2 amide bonds. The molecule has 128 valence electrons. The molecule has 1 aromatic carbocycles. The maximum absolute atomic E-state index is 12.6. The minimum absolute atomic E-state index is 0.00512. The summed E-state index contributed by atoms with van der Waals surface area (Å²) in [4.78, 5) is 27.0. The van der Waals surface area contributed by atoms with Gasteiger partial charge in [-0.05, 0) is 47.7 Å². The van der Waals surface area contributed by atoms with E-state index in [-0.39, 0.29) is 18.4 Å². The largest absolute Gasteiger partial charge is 0.329 e. The first kappa shape index (κ1) is 18.4. The van der Waals surface area contributed by atoms with Gasteiger partial charge in [0.15, 0.2) is 0 Å². The lowest BCUT2D eigenvalue weighted by molar-refractivity contribution is -0.116. The Morgan fingerprint density at radius 1 is 1.29 bits per heavy atom. The van der Waals surface area contributed by atoms with Gasteiger partial charge in [-0.15, -0.1) is 11.3 Å². The highest BCUT2D eigenvalue weighted by molar-refractivity contribution is 7.12. The maximum Gasteiger partial charge on any atom is 0.264 e. The Morgan fingerprint density at radius 2 is 2.00 bits per heavy atom. The molecule has 2 rings (SSSR count). The van der Waals surface area contributed by atoms with Crippen LogP contribution in [0.25, 0.3) is 0 Å². The van der Waals surface area contributed by atoms with Crippen molar-refractivity contribution in [3.05, 3.63) is 51.2 Å². The van der Waals surface area contributed by atoms with E-state index in [2.05, 4.69) is 5.32 Å². The van der Waals surface area contributed by atoms with Gasteiger partial charge in [0.1, 0.15) is 6.54 Å². The van der Waals surface area contributed by atoms with Gasteiger partial charge in [0.2, 0.25) is 5.91 Å². The first-order valence-corrected chi connectivity index (χ1v) is 8.91. The molecular weight excluding hydrogens is 346 g/mol. The van der Waals surface area contributed by atoms with E-state index in [1.807, 2.05) is 12.3 Å². The summed E-state index contributed by atoms with van der Waals surface area (Å²) in [5, 5.41) is 5.24. The molecule has 3 N–H and O–H groups in total. The number of halogens is 1. The Balaban J connectivity index is 2.02. The van der Waals surface area contributed by atoms with Gasteiger partial charge in [-0.3, -0.25) is 9.59 Å². The van der Waals surface area contributed by atoms with Crippen molar-refractivity contribution in [1.29, 1.82) is 0 Å². The molecule has 0 unspecified atom stereocenters. The fourth-order valence-electron chi connectivity index (χ4n) is 2.18. The summed E-state index contributed by atoms with van der Waals surface area (Å²) in [6, 6.07) is 8.63. The summed E-state index contributed by atoms with van der Waals surface area (Å²) in [5.41, 5.74) is 7.15. The number of hydrogen-bond acceptors (Lipinski definition) is 4. The van der Waals surface area contributed by atoms with E-state index in [1.54, 1.807) is 35.2 Å². The third kappa shape index (κ3) is 5.06. The number of benzene rings is 1. The molecule has 24 heavy (non-hydrogen) atoms. The minimum Gasteiger partial charge on any atom is -0.329 e. The summed E-state index contributed by atoms with van der Waals surface area (Å²) in [5.74, 6) is -0.387. The van der Waals surface area contributed by atoms with Gasteiger partial charge >= 0.3 is 0 Å². The number of amides is 2. The summed E-state index contributed by atoms with van der Waals surface area (Å²) < 4.78 is 0. The lowest BCUT2D eigenvalue weighted by Crippen LogP contribution is -2.38. The predicted octanol–water partition coefficient (Wildman–Crippen LogP) is 3.35. The normalized spacial score (nSPS) is 10.5. The zero-order valence-corrected chi connectivity index (χ0v) is 15.0. The summed E-state index contributed by atoms with van der Waals surface area (Å²) >= 11 is 7.18. The monoisotopic (exact) mass is 365 g/mol. The van der Waals surface area contributed by atoms with Crippen molar-refractivity contribution >= 4 is 40.4 Å². The zero-order chi connectivity index (χ0) is 17.5. The van der Waals surface area contributed by atoms with Gasteiger partial charge in [-0.2, -0.15) is 0 Å². The van der Waals surface area contributed by atoms with Crippen LogP contribution in [0, 0.1) is 0 Å². The van der Waals surface area contributed by atoms with Gasteiger partial charge < -0.3 is 16.0 Å². The van der Waals surface area contributed by atoms with Crippen molar-refractivity contribution in [1.82, 2.24) is 4.90 Å². The van der Waals surface area contributed by atoms with Crippen LogP contribution in [0.3, 0.4) is 0 Å². The van der Waals surface area contributed by atoms with Crippen molar-refractivity contribution in [2.45, 2.75) is 19.9 Å². The van der Waals surface area contributed by atoms with Crippen LogP contribution in [-0.2, 0) is 11.3 Å². The predicted molar refractivity (Wildman–Crippen MR) is 98.5 cm³/mol. The smallest absolute Gasteiger partial charge is 0.264 e. The Labute approximate surface area is 150 Å². The van der Waals surface area contributed by atoms with Crippen LogP contribution in [0.4, 0.5) is 5.69 Å². The molecule has 0 spiro atoms. The average molecular weight is 366 g/mol. The number of nitrogens with zero attached hydrogens (tertiary/aromatic N) is 1. The van der Waals surface area contributed by atoms with Gasteiger partial charge in [0.05, 0.1) is 4.88 Å². The van der Waals surface area contributed by atoms with Gasteiger partial charge in [-0.1, -0.05) is 18.5 Å². The van der Waals surface area contributed by atoms with E-state index >= 15 is 0 Å². The van der Waals surface area contributed by atoms with E-state index in [1.165, 1.54) is 11.3 Å². The standard InChI is InChI=1S/C17H20ClN3O2S/c1-2-7-21(17(23)15-8-12(9-19)11-24-15)10-16(22)20-14-5-3-13(18)4-6-14/h3-6,8,11H,2,7,9-10,19H2,1H3,(H,20,22). The number of carbonyl (C=O) groups excluding carboxylic acids is 2. The number of thiophene rings is 1. The van der Waals surface area contributed by atoms with E-state index < -0.39 is 0 Å². The Bertz CT molecular complexity index is 700. The van der Waals surface area contributed by atoms with E-state index in [0.717, 1.165) is 12.0 Å². The molecule has 0 aliphatic rings. The van der Waals surface area contributed by atoms with Crippen LogP contribution in [0.1, 0.15) is 28.6 Å². The minimum atomic E-state index is -0.241. The number of nitrogens with two attached hydrogens (primary N) is 1. The molecule has 0 atom stereocenters. The van der Waals surface area contributed by atoms with Crippen LogP contribution < -0.4 is 11.1 Å². The van der Waals surface area contributed by atoms with Gasteiger partial charge in [0, 0.05) is 23.8 Å². The van der Waals surface area contributed by atoms with Crippen LogP contribution in [-0.4, -0.2) is 29.8 Å². The van der Waals surface area contributed by atoms with Crippen LogP contribution in [0.15, 0.2) is 35.7 Å². The summed E-state index contributed by atoms with van der Waals surface area (Å²) in [6.45, 7) is 2.89. The van der Waals surface area contributed by atoms with E-state index in [4.69, 9.17) is 17.3 Å². The van der Waals surface area contributed by atoms with Crippen LogP contribution >= 0.6 is 22.9 Å². The Kier molecular flexibility index (Phi) is 6.78. The molecule has 2 aromatic rings. The molecule has 0 saturated heterocycles. The lowest BCUT2D eigenvalue weighted by Gasteiger charge is -2.21. The lowest BCUT2D eigenvalue weighted by atomic mass is 10.2. The second kappa shape index (κ2) is 8.82. The van der Waals surface area contributed by atoms with Crippen molar-refractivity contribution < 1.29 is 9.59 Å². The molecule has 1 heterocycles. The van der Waals surface area contributed by atoms with Crippen molar-refractivity contribution in [3.63, 3.8) is 0 Å². The number of nitrogens with one attached hydrogen (secondary N) is 1. The number of anilines is 1. The Morgan fingerprint density at radius 3 is 2.58 bits per heavy atom. The average Bonchev–Trinajstić information content (AvgIpc) is 3.05. The molecular formula is C17H20ClN3O2S. The molecule has 0 fully saturated rings. The van der Waals surface area contributed by atoms with Crippen molar-refractivity contribution in [2.24, 2.45) is 5.73 Å². The molecule has 0 saturated carbocycles. The molecule has 7 heteroatoms. The SMILES string of the molecule is CCCN(CC(=O)Nc1ccc(Cl)cc1)C(=O)c1cc(CN)cs1. The third-order valence-corrected chi connectivity index (χ3v) is 4.56. The molecule has 0 aliphatic heterocycles. The van der Waals surface area contributed by atoms with E-state index in [0.29, 0.717) is 28.7 Å². The molecule has 5 nitrogen and oxygen atoms in total. The maximum atomic E-state index is 12.6. The highest BCUT2D eigenvalue weighted by atomic mass is 35.5. The topological polar surface area (TPSA) is 75.4 Å². The van der Waals surface area contributed by atoms with Gasteiger partial charge in [0.25, 0.3) is 5.91 Å². The zero-order valence-electron chi connectivity index (χ0n) is 13.4.